The summed E-state index contributed by atoms with van der Waals surface area (Å²) in [5.74, 6) is -2.27. The summed E-state index contributed by atoms with van der Waals surface area (Å²) < 4.78 is 0. The number of carboxylic acids is 2. The number of carbonyl (C=O) groups is 2. The number of hydrogen-bond acceptors (Lipinski definition) is 6. The number of hydrogen-bond donors (Lipinski definition) is 2. The van der Waals surface area contributed by atoms with E-state index in [1.807, 2.05) is 24.3 Å². The molecule has 140 valence electrons. The Morgan fingerprint density at radius 3 is 1.38 bits per heavy atom. The number of phenols is 2. The highest BCUT2D eigenvalue weighted by Gasteiger charge is 2.16. The van der Waals surface area contributed by atoms with Crippen molar-refractivity contribution >= 4 is 22.7 Å². The maximum Gasteiger partial charge on any atom is 0.161 e. The first-order valence-electron chi connectivity index (χ1n) is 7.68. The molecule has 2 aromatic carbocycles. The number of carbonyl (C=O) groups excluding carboxylic acids is 2. The summed E-state index contributed by atoms with van der Waals surface area (Å²) in [5.41, 5.74) is 1.43. The Balaban J connectivity index is 0.000000662. The number of aliphatic carboxylic acids is 2. The summed E-state index contributed by atoms with van der Waals surface area (Å²) in [4.78, 5) is 17.8. The van der Waals surface area contributed by atoms with Gasteiger partial charge in [-0.05, 0) is 37.5 Å². The summed E-state index contributed by atoms with van der Waals surface area (Å²) in [6, 6.07) is 7.73. The lowest BCUT2D eigenvalue weighted by Crippen LogP contribution is -2.16. The van der Waals surface area contributed by atoms with Gasteiger partial charge in [0.15, 0.2) is 11.5 Å². The molecule has 26 heavy (non-hydrogen) atoms. The summed E-state index contributed by atoms with van der Waals surface area (Å²) in [5, 5.41) is 39.9. The third-order valence-electron chi connectivity index (χ3n) is 3.07. The van der Waals surface area contributed by atoms with Gasteiger partial charge in [-0.15, -0.1) is 13.2 Å². The molecular formula is C20H22O6-2. The first-order chi connectivity index (χ1) is 12.2. The highest BCUT2D eigenvalue weighted by Crippen LogP contribution is 2.40. The quantitative estimate of drug-likeness (QED) is 0.626. The van der Waals surface area contributed by atoms with Gasteiger partial charge in [-0.3, -0.25) is 0 Å². The smallest absolute Gasteiger partial charge is 0.161 e. The zero-order valence-corrected chi connectivity index (χ0v) is 14.8. The van der Waals surface area contributed by atoms with Crippen LogP contribution in [0.15, 0.2) is 49.6 Å². The standard InChI is InChI=1S/C16H16O2.2C2H4O2/c1-3-7-13-11-9-5-6-10-12(11)14(8-4-2)16(18)15(13)17;2*1-2(3)4/h3-6,9-10,17-18H,1-2,7-8H2;2*1H3,(H,3,4)/p-2. The van der Waals surface area contributed by atoms with Crippen LogP contribution in [0.25, 0.3) is 10.8 Å². The van der Waals surface area contributed by atoms with E-state index in [0.717, 1.165) is 24.6 Å². The van der Waals surface area contributed by atoms with Gasteiger partial charge >= 0.3 is 0 Å². The molecule has 0 heterocycles. The SMILES string of the molecule is C=CCc1c(O)c(O)c(CC=C)c2ccccc12.CC(=O)[O-].CC(=O)[O-]. The normalized spacial score (nSPS) is 9.15. The number of allylic oxidation sites excluding steroid dienone is 2. The van der Waals surface area contributed by atoms with Crippen LogP contribution in [-0.4, -0.2) is 22.2 Å². The van der Waals surface area contributed by atoms with E-state index in [4.69, 9.17) is 19.8 Å². The van der Waals surface area contributed by atoms with Crippen LogP contribution in [-0.2, 0) is 22.4 Å². The highest BCUT2D eigenvalue weighted by atomic mass is 16.4. The van der Waals surface area contributed by atoms with Crippen LogP contribution in [0.4, 0.5) is 0 Å². The minimum Gasteiger partial charge on any atom is -0.550 e. The predicted molar refractivity (Wildman–Crippen MR) is 96.4 cm³/mol. The molecule has 6 heteroatoms. The van der Waals surface area contributed by atoms with Crippen molar-refractivity contribution in [3.05, 3.63) is 60.7 Å². The molecule has 0 radical (unpaired) electrons. The Hall–Kier alpha value is -3.28. The molecule has 0 aliphatic heterocycles. The van der Waals surface area contributed by atoms with Crippen LogP contribution in [0.5, 0.6) is 11.5 Å². The van der Waals surface area contributed by atoms with Gasteiger partial charge in [0.25, 0.3) is 0 Å². The van der Waals surface area contributed by atoms with E-state index < -0.39 is 11.9 Å². The van der Waals surface area contributed by atoms with Crippen molar-refractivity contribution in [3.63, 3.8) is 0 Å². The van der Waals surface area contributed by atoms with E-state index in [1.165, 1.54) is 0 Å². The zero-order chi connectivity index (χ0) is 20.3. The fraction of sp³-hybridized carbons (Fsp3) is 0.200. The Kier molecular flexibility index (Phi) is 9.88. The fourth-order valence-electron chi connectivity index (χ4n) is 2.25. The molecule has 0 aliphatic rings. The molecule has 6 nitrogen and oxygen atoms in total. The van der Waals surface area contributed by atoms with Crippen molar-refractivity contribution in [2.45, 2.75) is 26.7 Å². The maximum absolute atomic E-state index is 10.1. The summed E-state index contributed by atoms with van der Waals surface area (Å²) in [7, 11) is 0. The fourth-order valence-corrected chi connectivity index (χ4v) is 2.25. The predicted octanol–water partition coefficient (Wildman–Crippen LogP) is 1.22. The summed E-state index contributed by atoms with van der Waals surface area (Å²) in [6.45, 7) is 9.31. The van der Waals surface area contributed by atoms with Crippen LogP contribution in [0.2, 0.25) is 0 Å². The van der Waals surface area contributed by atoms with Gasteiger partial charge in [-0.1, -0.05) is 36.4 Å². The number of carboxylic acid groups (broad SMARTS) is 2. The zero-order valence-electron chi connectivity index (χ0n) is 14.8. The number of aromatic hydroxyl groups is 2. The van der Waals surface area contributed by atoms with Gasteiger partial charge < -0.3 is 30.0 Å². The van der Waals surface area contributed by atoms with E-state index in [1.54, 1.807) is 12.2 Å². The summed E-state index contributed by atoms with van der Waals surface area (Å²) in [6.07, 6.45) is 4.48. The van der Waals surface area contributed by atoms with E-state index >= 15 is 0 Å². The lowest BCUT2D eigenvalue weighted by atomic mass is 9.94. The van der Waals surface area contributed by atoms with Crippen LogP contribution in [0.1, 0.15) is 25.0 Å². The molecule has 0 saturated heterocycles. The molecule has 0 spiro atoms. The Morgan fingerprint density at radius 2 is 1.15 bits per heavy atom. The van der Waals surface area contributed by atoms with Gasteiger partial charge in [-0.25, -0.2) is 0 Å². The molecular weight excluding hydrogens is 336 g/mol. The maximum atomic E-state index is 10.1. The molecule has 2 N–H and O–H groups in total. The van der Waals surface area contributed by atoms with Crippen LogP contribution in [0.3, 0.4) is 0 Å². The molecule has 0 atom stereocenters. The molecule has 2 aromatic rings. The van der Waals surface area contributed by atoms with Crippen LogP contribution in [0, 0.1) is 0 Å². The third kappa shape index (κ3) is 7.09. The van der Waals surface area contributed by atoms with Gasteiger partial charge in [0.2, 0.25) is 0 Å². The molecule has 0 saturated carbocycles. The number of benzene rings is 2. The second kappa shape index (κ2) is 11.3. The first kappa shape index (κ1) is 22.7. The number of fused-ring (bicyclic) bond motifs is 1. The second-order valence-corrected chi connectivity index (χ2v) is 5.17. The minimum atomic E-state index is -1.08. The van der Waals surface area contributed by atoms with Gasteiger partial charge in [-0.2, -0.15) is 0 Å². The van der Waals surface area contributed by atoms with Crippen molar-refractivity contribution in [1.82, 2.24) is 0 Å². The van der Waals surface area contributed by atoms with Gasteiger partial charge in [0, 0.05) is 23.1 Å². The number of phenolic OH excluding ortho intramolecular Hbond substituents is 2. The number of rotatable bonds is 4. The van der Waals surface area contributed by atoms with Crippen molar-refractivity contribution in [2.75, 3.05) is 0 Å². The van der Waals surface area contributed by atoms with E-state index in [-0.39, 0.29) is 11.5 Å². The lowest BCUT2D eigenvalue weighted by Gasteiger charge is -2.14. The Labute approximate surface area is 152 Å². The van der Waals surface area contributed by atoms with Gasteiger partial charge in [0.05, 0.1) is 0 Å². The van der Waals surface area contributed by atoms with Gasteiger partial charge in [0.1, 0.15) is 0 Å². The Bertz CT molecular complexity index is 718. The molecule has 0 aliphatic carbocycles. The third-order valence-corrected chi connectivity index (χ3v) is 3.07. The first-order valence-corrected chi connectivity index (χ1v) is 7.68. The van der Waals surface area contributed by atoms with Crippen molar-refractivity contribution in [3.8, 4) is 11.5 Å². The van der Waals surface area contributed by atoms with Crippen molar-refractivity contribution in [2.24, 2.45) is 0 Å². The largest absolute Gasteiger partial charge is 0.550 e. The summed E-state index contributed by atoms with van der Waals surface area (Å²) >= 11 is 0. The monoisotopic (exact) mass is 358 g/mol. The molecule has 0 unspecified atom stereocenters. The van der Waals surface area contributed by atoms with Crippen molar-refractivity contribution < 1.29 is 30.0 Å². The molecule has 2 rings (SSSR count). The average molecular weight is 358 g/mol. The highest BCUT2D eigenvalue weighted by molar-refractivity contribution is 5.93. The van der Waals surface area contributed by atoms with E-state index in [0.29, 0.717) is 24.0 Å². The molecule has 0 bridgehead atoms. The topological polar surface area (TPSA) is 121 Å². The van der Waals surface area contributed by atoms with Crippen LogP contribution >= 0.6 is 0 Å². The second-order valence-electron chi connectivity index (χ2n) is 5.17. The average Bonchev–Trinajstić information content (AvgIpc) is 2.54. The van der Waals surface area contributed by atoms with E-state index in [2.05, 4.69) is 13.2 Å². The molecule has 0 fully saturated rings. The van der Waals surface area contributed by atoms with Crippen LogP contribution < -0.4 is 10.2 Å². The lowest BCUT2D eigenvalue weighted by molar-refractivity contribution is -0.303. The Morgan fingerprint density at radius 1 is 0.885 bits per heavy atom. The molecule has 0 aromatic heterocycles. The molecule has 0 amide bonds. The van der Waals surface area contributed by atoms with Crippen molar-refractivity contribution in [1.29, 1.82) is 0 Å². The minimum absolute atomic E-state index is 0.0505. The van der Waals surface area contributed by atoms with E-state index in [9.17, 15) is 10.2 Å².